The molecule has 0 saturated heterocycles. The van der Waals surface area contributed by atoms with Gasteiger partial charge in [0.15, 0.2) is 11.2 Å². The lowest BCUT2D eigenvalue weighted by atomic mass is 10.00. The van der Waals surface area contributed by atoms with Crippen LogP contribution < -0.4 is 11.2 Å². The van der Waals surface area contributed by atoms with E-state index in [1.165, 1.54) is 22.7 Å². The average Bonchev–Trinajstić information content (AvgIpc) is 3.26. The summed E-state index contributed by atoms with van der Waals surface area (Å²) in [6.07, 6.45) is 4.03. The van der Waals surface area contributed by atoms with E-state index in [2.05, 4.69) is 38.7 Å². The van der Waals surface area contributed by atoms with E-state index in [9.17, 15) is 9.59 Å². The van der Waals surface area contributed by atoms with E-state index in [4.69, 9.17) is 0 Å². The molecule has 30 heavy (non-hydrogen) atoms. The first kappa shape index (κ1) is 18.9. The van der Waals surface area contributed by atoms with Gasteiger partial charge in [0, 0.05) is 52.2 Å². The summed E-state index contributed by atoms with van der Waals surface area (Å²) in [6.45, 7) is 5.95. The van der Waals surface area contributed by atoms with Gasteiger partial charge in [-0.05, 0) is 30.9 Å². The number of aromatic nitrogens is 5. The maximum Gasteiger partial charge on any atom is 0.332 e. The summed E-state index contributed by atoms with van der Waals surface area (Å²) in [4.78, 5) is 32.1. The maximum absolute atomic E-state index is 12.7. The monoisotopic (exact) mass is 406 g/mol. The van der Waals surface area contributed by atoms with Gasteiger partial charge in [0.1, 0.15) is 0 Å². The van der Waals surface area contributed by atoms with Gasteiger partial charge in [-0.25, -0.2) is 4.79 Å². The summed E-state index contributed by atoms with van der Waals surface area (Å²) in [7, 11) is 3.16. The van der Waals surface area contributed by atoms with Crippen LogP contribution in [0.4, 0.5) is 0 Å². The Morgan fingerprint density at radius 2 is 1.80 bits per heavy atom. The van der Waals surface area contributed by atoms with Crippen molar-refractivity contribution in [2.24, 2.45) is 14.1 Å². The minimum absolute atomic E-state index is 0.315. The molecule has 0 aliphatic carbocycles. The second kappa shape index (κ2) is 6.98. The number of hydrogen-bond donors (Lipinski definition) is 0. The maximum atomic E-state index is 12.7. The molecule has 3 aromatic heterocycles. The molecule has 1 aliphatic rings. The van der Waals surface area contributed by atoms with Gasteiger partial charge in [0.2, 0.25) is 5.78 Å². The molecule has 0 saturated carbocycles. The summed E-state index contributed by atoms with van der Waals surface area (Å²) < 4.78 is 6.54. The van der Waals surface area contributed by atoms with Gasteiger partial charge in [0.05, 0.1) is 0 Å². The van der Waals surface area contributed by atoms with Crippen LogP contribution in [0, 0.1) is 6.92 Å². The average molecular weight is 406 g/mol. The molecule has 0 radical (unpaired) electrons. The molecule has 0 fully saturated rings. The SMILES string of the molecule is Cc1cn2c3c(=O)n(C)c(=O)n(C)c3nc2n1CCCN1CCc2ccccc2C1. The normalized spacial score (nSPS) is 14.6. The molecule has 5 rings (SSSR count). The van der Waals surface area contributed by atoms with Crippen LogP contribution in [0.15, 0.2) is 40.1 Å². The van der Waals surface area contributed by atoms with Crippen LogP contribution in [-0.2, 0) is 33.6 Å². The van der Waals surface area contributed by atoms with Crippen molar-refractivity contribution in [3.8, 4) is 0 Å². The molecular formula is C22H26N6O2. The van der Waals surface area contributed by atoms with Crippen molar-refractivity contribution in [1.29, 1.82) is 0 Å². The summed E-state index contributed by atoms with van der Waals surface area (Å²) in [5, 5.41) is 0. The lowest BCUT2D eigenvalue weighted by molar-refractivity contribution is 0.246. The van der Waals surface area contributed by atoms with Crippen molar-refractivity contribution >= 4 is 16.9 Å². The zero-order valence-electron chi connectivity index (χ0n) is 17.6. The van der Waals surface area contributed by atoms with Gasteiger partial charge in [-0.15, -0.1) is 0 Å². The molecule has 0 amide bonds. The second-order valence-electron chi connectivity index (χ2n) is 8.23. The Morgan fingerprint density at radius 1 is 1.03 bits per heavy atom. The van der Waals surface area contributed by atoms with E-state index in [1.807, 2.05) is 17.5 Å². The van der Waals surface area contributed by atoms with Gasteiger partial charge >= 0.3 is 5.69 Å². The molecule has 0 spiro atoms. The molecular weight excluding hydrogens is 380 g/mol. The summed E-state index contributed by atoms with van der Waals surface area (Å²) in [5.74, 6) is 0.713. The van der Waals surface area contributed by atoms with Crippen LogP contribution in [0.5, 0.6) is 0 Å². The number of fused-ring (bicyclic) bond motifs is 4. The molecule has 8 heteroatoms. The zero-order chi connectivity index (χ0) is 21.0. The Labute approximate surface area is 173 Å². The predicted octanol–water partition coefficient (Wildman–Crippen LogP) is 1.44. The van der Waals surface area contributed by atoms with E-state index >= 15 is 0 Å². The number of imidazole rings is 2. The van der Waals surface area contributed by atoms with E-state index in [0.29, 0.717) is 16.9 Å². The van der Waals surface area contributed by atoms with E-state index in [0.717, 1.165) is 49.3 Å². The Bertz CT molecular complexity index is 1390. The molecule has 0 unspecified atom stereocenters. The van der Waals surface area contributed by atoms with Crippen molar-refractivity contribution in [2.45, 2.75) is 32.9 Å². The standard InChI is InChI=1S/C22H26N6O2/c1-15-13-28-18-19(24(2)22(30)25(3)20(18)29)23-21(28)27(15)11-6-10-26-12-9-16-7-4-5-8-17(16)14-26/h4-5,7-8,13H,6,9-12,14H2,1-3H3. The molecule has 0 N–H and O–H groups in total. The summed E-state index contributed by atoms with van der Waals surface area (Å²) in [6, 6.07) is 8.68. The van der Waals surface area contributed by atoms with Crippen LogP contribution in [0.3, 0.4) is 0 Å². The number of nitrogens with zero attached hydrogens (tertiary/aromatic N) is 6. The lowest BCUT2D eigenvalue weighted by Gasteiger charge is -2.28. The highest BCUT2D eigenvalue weighted by Crippen LogP contribution is 2.20. The van der Waals surface area contributed by atoms with Gasteiger partial charge in [-0.1, -0.05) is 24.3 Å². The van der Waals surface area contributed by atoms with E-state index in [1.54, 1.807) is 7.05 Å². The van der Waals surface area contributed by atoms with Crippen molar-refractivity contribution in [3.63, 3.8) is 0 Å². The molecule has 1 aliphatic heterocycles. The van der Waals surface area contributed by atoms with Crippen molar-refractivity contribution in [1.82, 2.24) is 28.0 Å². The highest BCUT2D eigenvalue weighted by molar-refractivity contribution is 5.75. The zero-order valence-corrected chi connectivity index (χ0v) is 17.6. The van der Waals surface area contributed by atoms with Gasteiger partial charge in [-0.2, -0.15) is 4.98 Å². The fourth-order valence-electron chi connectivity index (χ4n) is 4.60. The minimum Gasteiger partial charge on any atom is -0.314 e. The summed E-state index contributed by atoms with van der Waals surface area (Å²) >= 11 is 0. The molecule has 0 bridgehead atoms. The Hall–Kier alpha value is -3.13. The number of benzene rings is 1. The number of aryl methyl sites for hydroxylation is 3. The molecule has 1 aromatic carbocycles. The van der Waals surface area contributed by atoms with Crippen LogP contribution in [-0.4, -0.2) is 41.1 Å². The fourth-order valence-corrected chi connectivity index (χ4v) is 4.60. The summed E-state index contributed by atoms with van der Waals surface area (Å²) in [5.41, 5.74) is 4.15. The van der Waals surface area contributed by atoms with Crippen molar-refractivity contribution in [3.05, 3.63) is 68.1 Å². The van der Waals surface area contributed by atoms with E-state index in [-0.39, 0.29) is 11.2 Å². The van der Waals surface area contributed by atoms with Gasteiger partial charge < -0.3 is 4.57 Å². The largest absolute Gasteiger partial charge is 0.332 e. The quantitative estimate of drug-likeness (QED) is 0.514. The third-order valence-corrected chi connectivity index (χ3v) is 6.32. The van der Waals surface area contributed by atoms with Crippen LogP contribution in [0.2, 0.25) is 0 Å². The molecule has 0 atom stereocenters. The minimum atomic E-state index is -0.359. The Kier molecular flexibility index (Phi) is 4.39. The van der Waals surface area contributed by atoms with E-state index < -0.39 is 0 Å². The third kappa shape index (κ3) is 2.82. The van der Waals surface area contributed by atoms with Crippen LogP contribution >= 0.6 is 0 Å². The first-order chi connectivity index (χ1) is 14.5. The van der Waals surface area contributed by atoms with Crippen molar-refractivity contribution < 1.29 is 0 Å². The molecule has 4 heterocycles. The predicted molar refractivity (Wildman–Crippen MR) is 116 cm³/mol. The number of rotatable bonds is 4. The first-order valence-corrected chi connectivity index (χ1v) is 10.4. The first-order valence-electron chi connectivity index (χ1n) is 10.4. The van der Waals surface area contributed by atoms with Gasteiger partial charge in [-0.3, -0.25) is 23.2 Å². The topological polar surface area (TPSA) is 69.5 Å². The number of hydrogen-bond acceptors (Lipinski definition) is 4. The molecule has 4 aromatic rings. The molecule has 8 nitrogen and oxygen atoms in total. The molecule has 156 valence electrons. The lowest BCUT2D eigenvalue weighted by Crippen LogP contribution is -2.37. The van der Waals surface area contributed by atoms with Crippen LogP contribution in [0.25, 0.3) is 16.9 Å². The second-order valence-corrected chi connectivity index (χ2v) is 8.23. The fraction of sp³-hybridized carbons (Fsp3) is 0.409. The Balaban J connectivity index is 1.41. The van der Waals surface area contributed by atoms with Gasteiger partial charge in [0.25, 0.3) is 5.56 Å². The third-order valence-electron chi connectivity index (χ3n) is 6.32. The van der Waals surface area contributed by atoms with Crippen LogP contribution in [0.1, 0.15) is 23.2 Å². The highest BCUT2D eigenvalue weighted by atomic mass is 16.2. The highest BCUT2D eigenvalue weighted by Gasteiger charge is 2.19. The Morgan fingerprint density at radius 3 is 2.60 bits per heavy atom. The smallest absolute Gasteiger partial charge is 0.314 e. The van der Waals surface area contributed by atoms with Crippen molar-refractivity contribution in [2.75, 3.05) is 13.1 Å².